The highest BCUT2D eigenvalue weighted by Crippen LogP contribution is 1.99. The molecule has 0 aromatic rings. The molecule has 0 spiro atoms. The summed E-state index contributed by atoms with van der Waals surface area (Å²) < 4.78 is 0. The monoisotopic (exact) mass is 218 g/mol. The van der Waals surface area contributed by atoms with Crippen LogP contribution in [0.1, 0.15) is 27.7 Å². The van der Waals surface area contributed by atoms with Crippen molar-refractivity contribution in [2.75, 3.05) is 26.7 Å². The van der Waals surface area contributed by atoms with Crippen LogP contribution in [-0.4, -0.2) is 37.1 Å². The van der Waals surface area contributed by atoms with Crippen LogP contribution in [0.4, 0.5) is 0 Å². The van der Waals surface area contributed by atoms with E-state index < -0.39 is 0 Å². The topological polar surface area (TPSA) is 15.3 Å². The summed E-state index contributed by atoms with van der Waals surface area (Å²) in [5.41, 5.74) is 3.05. The Morgan fingerprint density at radius 1 is 1.43 bits per heavy atom. The Morgan fingerprint density at radius 3 is 2.43 bits per heavy atom. The summed E-state index contributed by atoms with van der Waals surface area (Å²) in [4.78, 5) is 2.26. The van der Waals surface area contributed by atoms with Gasteiger partial charge >= 0.3 is 0 Å². The van der Waals surface area contributed by atoms with Crippen molar-refractivity contribution in [3.05, 3.63) is 11.1 Å². The minimum Gasteiger partial charge on any atom is -0.311 e. The Bertz CT molecular complexity index is 182. The number of nitrogens with one attached hydrogen (secondary N) is 1. The minimum atomic E-state index is 0.207. The first-order valence-corrected chi connectivity index (χ1v) is 5.48. The molecule has 0 bridgehead atoms. The maximum atomic E-state index is 5.60. The first kappa shape index (κ1) is 13.9. The van der Waals surface area contributed by atoms with Crippen molar-refractivity contribution in [1.82, 2.24) is 10.2 Å². The summed E-state index contributed by atoms with van der Waals surface area (Å²) in [6, 6.07) is 0. The molecule has 0 atom stereocenters. The van der Waals surface area contributed by atoms with Crippen LogP contribution in [0.25, 0.3) is 0 Å². The molecule has 0 aromatic heterocycles. The van der Waals surface area contributed by atoms with E-state index in [4.69, 9.17) is 11.6 Å². The zero-order valence-electron chi connectivity index (χ0n) is 10.0. The van der Waals surface area contributed by atoms with Gasteiger partial charge in [-0.1, -0.05) is 11.6 Å². The van der Waals surface area contributed by atoms with Gasteiger partial charge in [0, 0.05) is 30.7 Å². The molecule has 0 heterocycles. The van der Waals surface area contributed by atoms with E-state index in [0.717, 1.165) is 19.6 Å². The maximum absolute atomic E-state index is 5.60. The molecule has 0 aromatic carbocycles. The first-order chi connectivity index (χ1) is 6.35. The Labute approximate surface area is 93.3 Å². The number of nitrogens with zero attached hydrogens (tertiary/aromatic N) is 1. The fourth-order valence-corrected chi connectivity index (χ4v) is 1.23. The molecule has 0 unspecified atom stereocenters. The lowest BCUT2D eigenvalue weighted by Gasteiger charge is -2.23. The fraction of sp³-hybridized carbons (Fsp3) is 0.818. The normalized spacial score (nSPS) is 13.8. The van der Waals surface area contributed by atoms with Crippen molar-refractivity contribution in [2.45, 2.75) is 33.2 Å². The van der Waals surface area contributed by atoms with E-state index in [1.54, 1.807) is 5.54 Å². The van der Waals surface area contributed by atoms with Gasteiger partial charge in [0.05, 0.1) is 0 Å². The zero-order valence-corrected chi connectivity index (χ0v) is 10.8. The molecule has 0 saturated heterocycles. The van der Waals surface area contributed by atoms with E-state index in [-0.39, 0.29) is 5.54 Å². The number of hydrogen-bond donors (Lipinski definition) is 1. The molecule has 0 radical (unpaired) electrons. The molecule has 84 valence electrons. The Balaban J connectivity index is 3.60. The molecule has 0 rings (SSSR count). The molecule has 0 aliphatic rings. The fourth-order valence-electron chi connectivity index (χ4n) is 1.16. The number of likely N-dealkylation sites (N-methyl/N-ethyl adjacent to an activating group) is 1. The van der Waals surface area contributed by atoms with Crippen molar-refractivity contribution in [1.29, 1.82) is 0 Å². The predicted octanol–water partition coefficient (Wildman–Crippen LogP) is 2.45. The van der Waals surface area contributed by atoms with E-state index >= 15 is 0 Å². The maximum Gasteiger partial charge on any atom is 0.0199 e. The summed E-state index contributed by atoms with van der Waals surface area (Å²) in [5.74, 6) is 0. The molecular formula is C11H23ClN2. The van der Waals surface area contributed by atoms with E-state index in [0.29, 0.717) is 0 Å². The van der Waals surface area contributed by atoms with E-state index in [1.165, 1.54) is 5.57 Å². The van der Waals surface area contributed by atoms with Gasteiger partial charge in [0.2, 0.25) is 0 Å². The average Bonchev–Trinajstić information content (AvgIpc) is 2.01. The van der Waals surface area contributed by atoms with E-state index in [1.807, 2.05) is 6.92 Å². The number of hydrogen-bond acceptors (Lipinski definition) is 2. The highest BCUT2D eigenvalue weighted by molar-refractivity contribution is 6.25. The lowest BCUT2D eigenvalue weighted by Crippen LogP contribution is -2.40. The molecule has 2 nitrogen and oxygen atoms in total. The predicted molar refractivity (Wildman–Crippen MR) is 64.9 cm³/mol. The quantitative estimate of drug-likeness (QED) is 0.763. The third-order valence-electron chi connectivity index (χ3n) is 1.85. The van der Waals surface area contributed by atoms with Gasteiger partial charge in [-0.3, -0.25) is 0 Å². The first-order valence-electron chi connectivity index (χ1n) is 5.04. The second-order valence-electron chi connectivity index (χ2n) is 4.87. The van der Waals surface area contributed by atoms with Crippen molar-refractivity contribution in [2.24, 2.45) is 0 Å². The van der Waals surface area contributed by atoms with Crippen LogP contribution < -0.4 is 5.32 Å². The third kappa shape index (κ3) is 8.54. The average molecular weight is 219 g/mol. The largest absolute Gasteiger partial charge is 0.311 e. The molecule has 3 heteroatoms. The van der Waals surface area contributed by atoms with Crippen molar-refractivity contribution in [3.8, 4) is 0 Å². The summed E-state index contributed by atoms with van der Waals surface area (Å²) in [6.45, 7) is 11.6. The van der Waals surface area contributed by atoms with Gasteiger partial charge in [0.25, 0.3) is 0 Å². The Kier molecular flexibility index (Phi) is 6.41. The molecule has 0 aliphatic carbocycles. The van der Waals surface area contributed by atoms with Gasteiger partial charge in [0.15, 0.2) is 0 Å². The highest BCUT2D eigenvalue weighted by atomic mass is 35.5. The number of halogens is 1. The third-order valence-corrected chi connectivity index (χ3v) is 2.23. The van der Waals surface area contributed by atoms with Crippen LogP contribution in [0.15, 0.2) is 11.1 Å². The van der Waals surface area contributed by atoms with E-state index in [9.17, 15) is 0 Å². The molecule has 0 amide bonds. The van der Waals surface area contributed by atoms with E-state index in [2.05, 4.69) is 38.0 Å². The van der Waals surface area contributed by atoms with Gasteiger partial charge < -0.3 is 10.2 Å². The smallest absolute Gasteiger partial charge is 0.0199 e. The SMILES string of the molecule is CC(=CCl)CN(C)CCNC(C)(C)C. The summed E-state index contributed by atoms with van der Waals surface area (Å²) in [5, 5.41) is 3.45. The molecule has 1 N–H and O–H groups in total. The Morgan fingerprint density at radius 2 is 2.00 bits per heavy atom. The van der Waals surface area contributed by atoms with Crippen LogP contribution in [0.5, 0.6) is 0 Å². The molecular weight excluding hydrogens is 196 g/mol. The van der Waals surface area contributed by atoms with Crippen LogP contribution in [0.2, 0.25) is 0 Å². The number of rotatable bonds is 5. The van der Waals surface area contributed by atoms with Crippen LogP contribution in [0.3, 0.4) is 0 Å². The van der Waals surface area contributed by atoms with Crippen LogP contribution in [0, 0.1) is 0 Å². The van der Waals surface area contributed by atoms with Crippen molar-refractivity contribution >= 4 is 11.6 Å². The molecule has 14 heavy (non-hydrogen) atoms. The zero-order chi connectivity index (χ0) is 11.2. The van der Waals surface area contributed by atoms with Crippen LogP contribution >= 0.6 is 11.6 Å². The van der Waals surface area contributed by atoms with Gasteiger partial charge in [0.1, 0.15) is 0 Å². The summed E-state index contributed by atoms with van der Waals surface area (Å²) in [7, 11) is 2.11. The second kappa shape index (κ2) is 6.44. The van der Waals surface area contributed by atoms with Gasteiger partial charge in [-0.15, -0.1) is 0 Å². The standard InChI is InChI=1S/C11H23ClN2/c1-10(8-12)9-14(5)7-6-13-11(2,3)4/h8,13H,6-7,9H2,1-5H3. The molecule has 0 aliphatic heterocycles. The van der Waals surface area contributed by atoms with Crippen molar-refractivity contribution < 1.29 is 0 Å². The lowest BCUT2D eigenvalue weighted by molar-refractivity contribution is 0.328. The molecule has 0 fully saturated rings. The minimum absolute atomic E-state index is 0.207. The van der Waals surface area contributed by atoms with Gasteiger partial charge in [-0.25, -0.2) is 0 Å². The van der Waals surface area contributed by atoms with Gasteiger partial charge in [-0.05, 0) is 40.3 Å². The lowest BCUT2D eigenvalue weighted by atomic mass is 10.1. The highest BCUT2D eigenvalue weighted by Gasteiger charge is 2.08. The second-order valence-corrected chi connectivity index (χ2v) is 5.09. The Hall–Kier alpha value is -0.0500. The van der Waals surface area contributed by atoms with Crippen molar-refractivity contribution in [3.63, 3.8) is 0 Å². The molecule has 0 saturated carbocycles. The summed E-state index contributed by atoms with van der Waals surface area (Å²) >= 11 is 5.60. The van der Waals surface area contributed by atoms with Gasteiger partial charge in [-0.2, -0.15) is 0 Å². The summed E-state index contributed by atoms with van der Waals surface area (Å²) in [6.07, 6.45) is 0. The van der Waals surface area contributed by atoms with Crippen LogP contribution in [-0.2, 0) is 0 Å².